The molecule has 0 amide bonds. The van der Waals surface area contributed by atoms with Crippen molar-refractivity contribution in [2.75, 3.05) is 0 Å². The average Bonchev–Trinajstić information content (AvgIpc) is 2.30. The van der Waals surface area contributed by atoms with E-state index in [4.69, 9.17) is 0 Å². The Morgan fingerprint density at radius 2 is 1.39 bits per heavy atom. The summed E-state index contributed by atoms with van der Waals surface area (Å²) in [7, 11) is 0. The number of hydrogen-bond donors (Lipinski definition) is 1. The number of hydrogen-bond acceptors (Lipinski definition) is 1. The molecule has 0 aromatic rings. The van der Waals surface area contributed by atoms with Crippen LogP contribution in [0.25, 0.3) is 0 Å². The fourth-order valence-corrected chi connectivity index (χ4v) is 5.19. The summed E-state index contributed by atoms with van der Waals surface area (Å²) in [5, 5.41) is 4.02. The molecular formula is C17H31N. The van der Waals surface area contributed by atoms with E-state index in [9.17, 15) is 0 Å². The molecule has 1 unspecified atom stereocenters. The fraction of sp³-hybridized carbons (Fsp3) is 1.00. The lowest BCUT2D eigenvalue weighted by molar-refractivity contribution is -0.0174. The summed E-state index contributed by atoms with van der Waals surface area (Å²) < 4.78 is 0. The van der Waals surface area contributed by atoms with Gasteiger partial charge in [0.15, 0.2) is 0 Å². The van der Waals surface area contributed by atoms with Gasteiger partial charge < -0.3 is 5.32 Å². The molecule has 0 heterocycles. The van der Waals surface area contributed by atoms with E-state index in [1.54, 1.807) is 32.1 Å². The Balaban J connectivity index is 1.53. The molecule has 0 aliphatic heterocycles. The van der Waals surface area contributed by atoms with E-state index >= 15 is 0 Å². The third-order valence-corrected chi connectivity index (χ3v) is 5.88. The molecule has 1 nitrogen and oxygen atoms in total. The van der Waals surface area contributed by atoms with Crippen molar-refractivity contribution < 1.29 is 0 Å². The zero-order valence-corrected chi connectivity index (χ0v) is 12.5. The van der Waals surface area contributed by atoms with Crippen molar-refractivity contribution in [1.29, 1.82) is 0 Å². The highest BCUT2D eigenvalue weighted by atomic mass is 15.0. The van der Waals surface area contributed by atoms with Crippen molar-refractivity contribution in [2.45, 2.75) is 77.8 Å². The van der Waals surface area contributed by atoms with E-state index in [-0.39, 0.29) is 0 Å². The normalized spacial score (nSPS) is 43.7. The summed E-state index contributed by atoms with van der Waals surface area (Å²) in [5.41, 5.74) is 0. The van der Waals surface area contributed by atoms with Crippen LogP contribution in [-0.2, 0) is 0 Å². The third-order valence-electron chi connectivity index (χ3n) is 5.88. The number of rotatable bonds is 5. The molecule has 4 aliphatic carbocycles. The first-order chi connectivity index (χ1) is 8.61. The Bertz CT molecular complexity index is 255. The molecule has 4 aliphatic rings. The summed E-state index contributed by atoms with van der Waals surface area (Å²) in [6.07, 6.45) is 10.5. The van der Waals surface area contributed by atoms with Gasteiger partial charge in [-0.2, -0.15) is 0 Å². The Labute approximate surface area is 113 Å². The second kappa shape index (κ2) is 5.15. The van der Waals surface area contributed by atoms with Gasteiger partial charge >= 0.3 is 0 Å². The molecule has 0 aromatic heterocycles. The molecule has 1 N–H and O–H groups in total. The summed E-state index contributed by atoms with van der Waals surface area (Å²) in [4.78, 5) is 0. The monoisotopic (exact) mass is 249 g/mol. The first-order valence-corrected chi connectivity index (χ1v) is 8.38. The molecule has 4 rings (SSSR count). The predicted molar refractivity (Wildman–Crippen MR) is 77.5 cm³/mol. The van der Waals surface area contributed by atoms with Gasteiger partial charge in [-0.3, -0.25) is 0 Å². The number of nitrogens with one attached hydrogen (secondary N) is 1. The van der Waals surface area contributed by atoms with Gasteiger partial charge in [-0.25, -0.2) is 0 Å². The first-order valence-electron chi connectivity index (χ1n) is 8.38. The molecule has 4 saturated carbocycles. The Kier molecular flexibility index (Phi) is 3.71. The molecule has 4 fully saturated rings. The van der Waals surface area contributed by atoms with Crippen LogP contribution in [0.2, 0.25) is 0 Å². The smallest absolute Gasteiger partial charge is 0.0126 e. The van der Waals surface area contributed by atoms with Crippen molar-refractivity contribution in [3.8, 4) is 0 Å². The highest BCUT2D eigenvalue weighted by Crippen LogP contribution is 2.53. The van der Waals surface area contributed by atoms with Crippen molar-refractivity contribution in [3.63, 3.8) is 0 Å². The third kappa shape index (κ3) is 2.61. The van der Waals surface area contributed by atoms with Crippen molar-refractivity contribution in [2.24, 2.45) is 29.6 Å². The molecule has 4 bridgehead atoms. The molecular weight excluding hydrogens is 218 g/mol. The van der Waals surface area contributed by atoms with E-state index in [0.29, 0.717) is 0 Å². The van der Waals surface area contributed by atoms with E-state index in [1.165, 1.54) is 12.8 Å². The van der Waals surface area contributed by atoms with Gasteiger partial charge in [-0.1, -0.05) is 13.8 Å². The second-order valence-electron chi connectivity index (χ2n) is 8.00. The summed E-state index contributed by atoms with van der Waals surface area (Å²) in [5.74, 6) is 5.13. The van der Waals surface area contributed by atoms with Crippen molar-refractivity contribution >= 4 is 0 Å². The van der Waals surface area contributed by atoms with Gasteiger partial charge in [0, 0.05) is 12.1 Å². The molecule has 1 heteroatoms. The standard InChI is InChI=1S/C17H31N/c1-11(2)4-5-12(3)18-17-15-7-13-6-14(9-15)10-16(17)8-13/h11-18H,4-10H2,1-3H3. The zero-order valence-electron chi connectivity index (χ0n) is 12.5. The largest absolute Gasteiger partial charge is 0.311 e. The second-order valence-corrected chi connectivity index (χ2v) is 8.00. The van der Waals surface area contributed by atoms with Gasteiger partial charge in [0.2, 0.25) is 0 Å². The molecule has 1 atom stereocenters. The lowest BCUT2D eigenvalue weighted by Crippen LogP contribution is -2.56. The van der Waals surface area contributed by atoms with Crippen LogP contribution in [0.15, 0.2) is 0 Å². The lowest BCUT2D eigenvalue weighted by atomic mass is 9.54. The van der Waals surface area contributed by atoms with Crippen LogP contribution in [0.1, 0.15) is 65.7 Å². The van der Waals surface area contributed by atoms with Crippen LogP contribution in [0.3, 0.4) is 0 Å². The van der Waals surface area contributed by atoms with Gasteiger partial charge in [0.1, 0.15) is 0 Å². The van der Waals surface area contributed by atoms with Gasteiger partial charge in [-0.05, 0) is 81.5 Å². The Hall–Kier alpha value is -0.0400. The van der Waals surface area contributed by atoms with Crippen molar-refractivity contribution in [1.82, 2.24) is 5.32 Å². The first kappa shape index (κ1) is 13.0. The SMILES string of the molecule is CC(C)CCC(C)NC1C2CC3CC(C2)CC1C3. The maximum Gasteiger partial charge on any atom is 0.0126 e. The van der Waals surface area contributed by atoms with E-state index in [0.717, 1.165) is 41.7 Å². The van der Waals surface area contributed by atoms with E-state index in [1.807, 2.05) is 0 Å². The van der Waals surface area contributed by atoms with E-state index < -0.39 is 0 Å². The molecule has 0 spiro atoms. The minimum atomic E-state index is 0.731. The van der Waals surface area contributed by atoms with Gasteiger partial charge in [-0.15, -0.1) is 0 Å². The maximum atomic E-state index is 4.02. The van der Waals surface area contributed by atoms with Crippen LogP contribution in [0.4, 0.5) is 0 Å². The maximum absolute atomic E-state index is 4.02. The molecule has 18 heavy (non-hydrogen) atoms. The Morgan fingerprint density at radius 3 is 1.89 bits per heavy atom. The lowest BCUT2D eigenvalue weighted by Gasteiger charge is -2.55. The molecule has 0 radical (unpaired) electrons. The van der Waals surface area contributed by atoms with Crippen molar-refractivity contribution in [3.05, 3.63) is 0 Å². The zero-order chi connectivity index (χ0) is 12.7. The van der Waals surface area contributed by atoms with Gasteiger partial charge in [0.25, 0.3) is 0 Å². The van der Waals surface area contributed by atoms with Crippen LogP contribution in [-0.4, -0.2) is 12.1 Å². The quantitative estimate of drug-likeness (QED) is 0.769. The molecule has 0 aromatic carbocycles. The molecule has 104 valence electrons. The van der Waals surface area contributed by atoms with E-state index in [2.05, 4.69) is 26.1 Å². The minimum absolute atomic E-state index is 0.731. The highest BCUT2D eigenvalue weighted by molar-refractivity contribution is 5.01. The topological polar surface area (TPSA) is 12.0 Å². The Morgan fingerprint density at radius 1 is 0.833 bits per heavy atom. The average molecular weight is 249 g/mol. The predicted octanol–water partition coefficient (Wildman–Crippen LogP) is 4.23. The summed E-state index contributed by atoms with van der Waals surface area (Å²) >= 11 is 0. The van der Waals surface area contributed by atoms with Crippen LogP contribution in [0.5, 0.6) is 0 Å². The summed E-state index contributed by atoms with van der Waals surface area (Å²) in [6.45, 7) is 7.10. The fourth-order valence-electron chi connectivity index (χ4n) is 5.19. The van der Waals surface area contributed by atoms with Crippen LogP contribution in [0, 0.1) is 29.6 Å². The minimum Gasteiger partial charge on any atom is -0.311 e. The van der Waals surface area contributed by atoms with Crippen LogP contribution >= 0.6 is 0 Å². The van der Waals surface area contributed by atoms with Crippen LogP contribution < -0.4 is 5.32 Å². The summed E-state index contributed by atoms with van der Waals surface area (Å²) in [6, 6.07) is 1.61. The highest BCUT2D eigenvalue weighted by Gasteiger charge is 2.48. The molecule has 0 saturated heterocycles. The van der Waals surface area contributed by atoms with Gasteiger partial charge in [0.05, 0.1) is 0 Å².